The molecule has 0 unspecified atom stereocenters. The number of rotatable bonds is 4. The van der Waals surface area contributed by atoms with Gasteiger partial charge in [0.2, 0.25) is 0 Å². The first-order valence-electron chi connectivity index (χ1n) is 5.81. The highest BCUT2D eigenvalue weighted by Crippen LogP contribution is 2.15. The van der Waals surface area contributed by atoms with Gasteiger partial charge in [0.25, 0.3) is 0 Å². The van der Waals surface area contributed by atoms with Crippen molar-refractivity contribution in [3.8, 4) is 5.75 Å². The van der Waals surface area contributed by atoms with Crippen molar-refractivity contribution < 1.29 is 14.3 Å². The second kappa shape index (κ2) is 5.68. The average Bonchev–Trinajstić information content (AvgIpc) is 2.89. The molecule has 0 bridgehead atoms. The molecular weight excluding hydrogens is 218 g/mol. The third-order valence-corrected chi connectivity index (χ3v) is 2.92. The maximum atomic E-state index is 11.2. The molecule has 0 radical (unpaired) electrons. The van der Waals surface area contributed by atoms with Gasteiger partial charge >= 0.3 is 5.97 Å². The molecule has 1 atom stereocenters. The number of carbonyl (C=O) groups excluding carboxylic acids is 1. The molecule has 4 heteroatoms. The van der Waals surface area contributed by atoms with Crippen molar-refractivity contribution in [1.29, 1.82) is 0 Å². The van der Waals surface area contributed by atoms with Gasteiger partial charge in [0.15, 0.2) is 0 Å². The summed E-state index contributed by atoms with van der Waals surface area (Å²) < 4.78 is 10.3. The van der Waals surface area contributed by atoms with Crippen molar-refractivity contribution in [2.45, 2.75) is 6.42 Å². The lowest BCUT2D eigenvalue weighted by molar-refractivity contribution is 0.0600. The average molecular weight is 235 g/mol. The summed E-state index contributed by atoms with van der Waals surface area (Å²) in [5.41, 5.74) is 0.544. The fraction of sp³-hybridized carbons (Fsp3) is 0.462. The molecule has 0 spiro atoms. The van der Waals surface area contributed by atoms with E-state index in [4.69, 9.17) is 4.74 Å². The zero-order valence-corrected chi connectivity index (χ0v) is 9.94. The summed E-state index contributed by atoms with van der Waals surface area (Å²) >= 11 is 0. The zero-order valence-electron chi connectivity index (χ0n) is 9.94. The van der Waals surface area contributed by atoms with E-state index in [2.05, 4.69) is 10.1 Å². The summed E-state index contributed by atoms with van der Waals surface area (Å²) in [4.78, 5) is 11.2. The molecular formula is C13H17NO3. The summed E-state index contributed by atoms with van der Waals surface area (Å²) in [6.45, 7) is 2.83. The molecule has 4 nitrogen and oxygen atoms in total. The summed E-state index contributed by atoms with van der Waals surface area (Å²) in [5, 5.41) is 3.30. The molecule has 1 saturated heterocycles. The highest BCUT2D eigenvalue weighted by molar-refractivity contribution is 5.89. The Morgan fingerprint density at radius 1 is 1.41 bits per heavy atom. The van der Waals surface area contributed by atoms with E-state index < -0.39 is 0 Å². The van der Waals surface area contributed by atoms with Crippen LogP contribution >= 0.6 is 0 Å². The maximum Gasteiger partial charge on any atom is 0.337 e. The molecule has 1 aromatic carbocycles. The Hall–Kier alpha value is -1.55. The third kappa shape index (κ3) is 3.20. The molecule has 0 aliphatic carbocycles. The number of carbonyl (C=O) groups is 1. The number of nitrogens with one attached hydrogen (secondary N) is 1. The van der Waals surface area contributed by atoms with Crippen molar-refractivity contribution in [3.05, 3.63) is 29.8 Å². The summed E-state index contributed by atoms with van der Waals surface area (Å²) in [5.74, 6) is 1.07. The number of hydrogen-bond acceptors (Lipinski definition) is 4. The molecule has 92 valence electrons. The van der Waals surface area contributed by atoms with Gasteiger partial charge in [-0.2, -0.15) is 0 Å². The number of esters is 1. The van der Waals surface area contributed by atoms with Gasteiger partial charge in [-0.05, 0) is 37.2 Å². The smallest absolute Gasteiger partial charge is 0.337 e. The first-order chi connectivity index (χ1) is 8.29. The van der Waals surface area contributed by atoms with Crippen LogP contribution in [0.25, 0.3) is 0 Å². The Balaban J connectivity index is 1.87. The molecule has 1 fully saturated rings. The first kappa shape index (κ1) is 11.9. The highest BCUT2D eigenvalue weighted by Gasteiger charge is 2.14. The van der Waals surface area contributed by atoms with Gasteiger partial charge in [0, 0.05) is 12.5 Å². The summed E-state index contributed by atoms with van der Waals surface area (Å²) in [6.07, 6.45) is 1.17. The van der Waals surface area contributed by atoms with Crippen LogP contribution in [0.3, 0.4) is 0 Å². The van der Waals surface area contributed by atoms with E-state index in [0.29, 0.717) is 11.5 Å². The maximum absolute atomic E-state index is 11.2. The quantitative estimate of drug-likeness (QED) is 0.803. The standard InChI is InChI=1S/C13H17NO3/c1-16-13(15)11-2-4-12(5-3-11)17-9-10-6-7-14-8-10/h2-5,10,14H,6-9H2,1H3/t10-/m1/s1. The van der Waals surface area contributed by atoms with Gasteiger partial charge in [-0.25, -0.2) is 4.79 Å². The Bertz CT molecular complexity index is 369. The summed E-state index contributed by atoms with van der Waals surface area (Å²) in [6, 6.07) is 7.03. The van der Waals surface area contributed by atoms with Crippen LogP contribution in [-0.2, 0) is 4.74 Å². The van der Waals surface area contributed by atoms with E-state index >= 15 is 0 Å². The van der Waals surface area contributed by atoms with Gasteiger partial charge in [-0.1, -0.05) is 0 Å². The minimum Gasteiger partial charge on any atom is -0.493 e. The van der Waals surface area contributed by atoms with Gasteiger partial charge in [-0.3, -0.25) is 0 Å². The Labute approximate surface area is 101 Å². The lowest BCUT2D eigenvalue weighted by Crippen LogP contribution is -2.15. The molecule has 0 saturated carbocycles. The monoisotopic (exact) mass is 235 g/mol. The Morgan fingerprint density at radius 2 is 2.18 bits per heavy atom. The second-order valence-corrected chi connectivity index (χ2v) is 4.19. The predicted molar refractivity (Wildman–Crippen MR) is 64.3 cm³/mol. The van der Waals surface area contributed by atoms with Crippen LogP contribution in [-0.4, -0.2) is 32.8 Å². The van der Waals surface area contributed by atoms with Crippen LogP contribution in [0.2, 0.25) is 0 Å². The third-order valence-electron chi connectivity index (χ3n) is 2.92. The van der Waals surface area contributed by atoms with Gasteiger partial charge < -0.3 is 14.8 Å². The minimum atomic E-state index is -0.323. The SMILES string of the molecule is COC(=O)c1ccc(OC[C@@H]2CCNC2)cc1. The van der Waals surface area contributed by atoms with Gasteiger partial charge in [0.1, 0.15) is 5.75 Å². The molecule has 17 heavy (non-hydrogen) atoms. The van der Waals surface area contributed by atoms with Crippen LogP contribution in [0, 0.1) is 5.92 Å². The van der Waals surface area contributed by atoms with Crippen LogP contribution in [0.5, 0.6) is 5.75 Å². The van der Waals surface area contributed by atoms with Crippen molar-refractivity contribution in [1.82, 2.24) is 5.32 Å². The highest BCUT2D eigenvalue weighted by atomic mass is 16.5. The molecule has 1 heterocycles. The molecule has 1 aliphatic heterocycles. The van der Waals surface area contributed by atoms with Gasteiger partial charge in [-0.15, -0.1) is 0 Å². The molecule has 1 aromatic rings. The van der Waals surface area contributed by atoms with Crippen molar-refractivity contribution in [2.24, 2.45) is 5.92 Å². The van der Waals surface area contributed by atoms with E-state index in [9.17, 15) is 4.79 Å². The largest absolute Gasteiger partial charge is 0.493 e. The predicted octanol–water partition coefficient (Wildman–Crippen LogP) is 1.46. The van der Waals surface area contributed by atoms with E-state index in [1.165, 1.54) is 13.5 Å². The Morgan fingerprint density at radius 3 is 2.76 bits per heavy atom. The first-order valence-corrected chi connectivity index (χ1v) is 5.81. The van der Waals surface area contributed by atoms with E-state index in [-0.39, 0.29) is 5.97 Å². The molecule has 0 aromatic heterocycles. The van der Waals surface area contributed by atoms with Crippen LogP contribution in [0.15, 0.2) is 24.3 Å². The van der Waals surface area contributed by atoms with E-state index in [0.717, 1.165) is 25.4 Å². The lowest BCUT2D eigenvalue weighted by Gasteiger charge is -2.10. The molecule has 1 aliphatic rings. The number of benzene rings is 1. The number of hydrogen-bond donors (Lipinski definition) is 1. The number of methoxy groups -OCH3 is 1. The lowest BCUT2D eigenvalue weighted by atomic mass is 10.1. The van der Waals surface area contributed by atoms with Crippen molar-refractivity contribution >= 4 is 5.97 Å². The van der Waals surface area contributed by atoms with E-state index in [1.54, 1.807) is 24.3 Å². The topological polar surface area (TPSA) is 47.6 Å². The molecule has 0 amide bonds. The second-order valence-electron chi connectivity index (χ2n) is 4.19. The van der Waals surface area contributed by atoms with Crippen molar-refractivity contribution in [3.63, 3.8) is 0 Å². The van der Waals surface area contributed by atoms with Gasteiger partial charge in [0.05, 0.1) is 19.3 Å². The van der Waals surface area contributed by atoms with Crippen LogP contribution < -0.4 is 10.1 Å². The summed E-state index contributed by atoms with van der Waals surface area (Å²) in [7, 11) is 1.37. The minimum absolute atomic E-state index is 0.323. The molecule has 1 N–H and O–H groups in total. The van der Waals surface area contributed by atoms with Crippen LogP contribution in [0.4, 0.5) is 0 Å². The zero-order chi connectivity index (χ0) is 12.1. The van der Waals surface area contributed by atoms with Crippen LogP contribution in [0.1, 0.15) is 16.8 Å². The fourth-order valence-electron chi connectivity index (χ4n) is 1.88. The van der Waals surface area contributed by atoms with E-state index in [1.807, 2.05) is 0 Å². The molecule has 2 rings (SSSR count). The number of ether oxygens (including phenoxy) is 2. The Kier molecular flexibility index (Phi) is 3.98. The normalized spacial score (nSPS) is 19.0. The fourth-order valence-corrected chi connectivity index (χ4v) is 1.88. The van der Waals surface area contributed by atoms with Crippen molar-refractivity contribution in [2.75, 3.05) is 26.8 Å².